The van der Waals surface area contributed by atoms with Crippen LogP contribution in [0.2, 0.25) is 0 Å². The molecule has 0 aliphatic carbocycles. The fourth-order valence-electron chi connectivity index (χ4n) is 3.31. The van der Waals surface area contributed by atoms with Gasteiger partial charge in [0.15, 0.2) is 5.65 Å². The van der Waals surface area contributed by atoms with Gasteiger partial charge in [0.1, 0.15) is 5.82 Å². The van der Waals surface area contributed by atoms with Crippen molar-refractivity contribution < 1.29 is 28.6 Å². The number of carbonyl (C=O) groups is 3. The Kier molecular flexibility index (Phi) is 5.11. The van der Waals surface area contributed by atoms with E-state index < -0.39 is 23.7 Å². The van der Waals surface area contributed by atoms with E-state index >= 15 is 0 Å². The molecule has 0 atom stereocenters. The minimum atomic E-state index is -1.07. The Morgan fingerprint density at radius 2 is 1.72 bits per heavy atom. The zero-order valence-corrected chi connectivity index (χ0v) is 16.5. The molecule has 9 nitrogen and oxygen atoms in total. The van der Waals surface area contributed by atoms with Gasteiger partial charge in [-0.05, 0) is 36.4 Å². The van der Waals surface area contributed by atoms with Gasteiger partial charge in [0.2, 0.25) is 5.91 Å². The van der Waals surface area contributed by atoms with Gasteiger partial charge < -0.3 is 15.6 Å². The minimum absolute atomic E-state index is 0.0972. The lowest BCUT2D eigenvalue weighted by Gasteiger charge is -2.08. The van der Waals surface area contributed by atoms with E-state index in [0.717, 1.165) is 13.2 Å². The van der Waals surface area contributed by atoms with Gasteiger partial charge in [-0.1, -0.05) is 12.1 Å². The van der Waals surface area contributed by atoms with Gasteiger partial charge in [-0.15, -0.1) is 0 Å². The predicted molar refractivity (Wildman–Crippen MR) is 112 cm³/mol. The molecular formula is C22H15FN4O5. The number of pyridine rings is 1. The standard InChI is InChI=1S/C22H15FN4O5/c1-32-22(31)13-8-12(6-7-15(13)23)16-9-14(19(24)28)17-18(26-27-20(17)25-16)10-2-4-11(5-3-10)21(29)30/h2-9H,1H3,(H2,24,28)(H,29,30)(H,25,26,27). The van der Waals surface area contributed by atoms with Crippen molar-refractivity contribution in [1.82, 2.24) is 15.2 Å². The number of hydrogen-bond acceptors (Lipinski definition) is 6. The summed E-state index contributed by atoms with van der Waals surface area (Å²) in [6.45, 7) is 0. The summed E-state index contributed by atoms with van der Waals surface area (Å²) < 4.78 is 18.6. The number of methoxy groups -OCH3 is 1. The van der Waals surface area contributed by atoms with E-state index in [0.29, 0.717) is 22.2 Å². The molecule has 0 spiro atoms. The quantitative estimate of drug-likeness (QED) is 0.409. The second-order valence-electron chi connectivity index (χ2n) is 6.79. The van der Waals surface area contributed by atoms with Gasteiger partial charge in [-0.3, -0.25) is 9.89 Å². The molecule has 0 bridgehead atoms. The van der Waals surface area contributed by atoms with Crippen LogP contribution in [0, 0.1) is 5.82 Å². The number of nitrogens with two attached hydrogens (primary N) is 1. The molecule has 10 heteroatoms. The number of aromatic carboxylic acids is 1. The summed E-state index contributed by atoms with van der Waals surface area (Å²) in [4.78, 5) is 39.6. The van der Waals surface area contributed by atoms with E-state index in [-0.39, 0.29) is 28.0 Å². The number of rotatable bonds is 5. The summed E-state index contributed by atoms with van der Waals surface area (Å²) in [5, 5.41) is 16.4. The van der Waals surface area contributed by atoms with Crippen molar-refractivity contribution in [3.8, 4) is 22.5 Å². The smallest absolute Gasteiger partial charge is 0.340 e. The normalized spacial score (nSPS) is 10.8. The molecule has 0 aliphatic heterocycles. The van der Waals surface area contributed by atoms with E-state index in [9.17, 15) is 18.8 Å². The highest BCUT2D eigenvalue weighted by Gasteiger charge is 2.20. The Morgan fingerprint density at radius 1 is 1.03 bits per heavy atom. The third-order valence-corrected chi connectivity index (χ3v) is 4.88. The number of esters is 1. The van der Waals surface area contributed by atoms with Crippen LogP contribution in [-0.4, -0.2) is 45.2 Å². The number of nitrogens with zero attached hydrogens (tertiary/aromatic N) is 2. The Bertz CT molecular complexity index is 1400. The number of aromatic amines is 1. The van der Waals surface area contributed by atoms with Crippen LogP contribution in [0.4, 0.5) is 4.39 Å². The second-order valence-corrected chi connectivity index (χ2v) is 6.79. The summed E-state index contributed by atoms with van der Waals surface area (Å²) in [5.41, 5.74) is 7.28. The van der Waals surface area contributed by atoms with Crippen LogP contribution in [-0.2, 0) is 4.74 Å². The van der Waals surface area contributed by atoms with Crippen LogP contribution in [0.25, 0.3) is 33.5 Å². The number of ether oxygens (including phenoxy) is 1. The molecule has 0 saturated carbocycles. The zero-order valence-electron chi connectivity index (χ0n) is 16.5. The highest BCUT2D eigenvalue weighted by atomic mass is 19.1. The lowest BCUT2D eigenvalue weighted by molar-refractivity contribution is 0.0594. The number of carboxylic acids is 1. The van der Waals surface area contributed by atoms with Crippen molar-refractivity contribution >= 4 is 28.9 Å². The van der Waals surface area contributed by atoms with Crippen LogP contribution >= 0.6 is 0 Å². The Hall–Kier alpha value is -4.60. The Balaban J connectivity index is 1.88. The number of hydrogen-bond donors (Lipinski definition) is 3. The zero-order chi connectivity index (χ0) is 23.0. The van der Waals surface area contributed by atoms with E-state index in [2.05, 4.69) is 19.9 Å². The third kappa shape index (κ3) is 3.54. The van der Waals surface area contributed by atoms with Crippen molar-refractivity contribution in [2.45, 2.75) is 0 Å². The van der Waals surface area contributed by atoms with Crippen molar-refractivity contribution in [3.05, 3.63) is 71.0 Å². The maximum Gasteiger partial charge on any atom is 0.340 e. The average Bonchev–Trinajstić information content (AvgIpc) is 3.22. The molecule has 0 radical (unpaired) electrons. The topological polar surface area (TPSA) is 148 Å². The first-order chi connectivity index (χ1) is 15.3. The number of primary amides is 1. The average molecular weight is 434 g/mol. The first-order valence-electron chi connectivity index (χ1n) is 9.21. The molecule has 4 aromatic rings. The SMILES string of the molecule is COC(=O)c1cc(-c2cc(C(N)=O)c3c(-c4ccc(C(=O)O)cc4)[nH]nc3n2)ccc1F. The fraction of sp³-hybridized carbons (Fsp3) is 0.0455. The summed E-state index contributed by atoms with van der Waals surface area (Å²) in [5.74, 6) is -3.43. The number of fused-ring (bicyclic) bond motifs is 1. The largest absolute Gasteiger partial charge is 0.478 e. The number of amides is 1. The number of H-pyrrole nitrogens is 1. The van der Waals surface area contributed by atoms with Crippen LogP contribution in [0.15, 0.2) is 48.5 Å². The van der Waals surface area contributed by atoms with Crippen molar-refractivity contribution in [3.63, 3.8) is 0 Å². The number of carboxylic acid groups (broad SMARTS) is 1. The van der Waals surface area contributed by atoms with E-state index in [1.807, 2.05) is 0 Å². The summed E-state index contributed by atoms with van der Waals surface area (Å²) in [6.07, 6.45) is 0. The molecule has 0 aliphatic rings. The lowest BCUT2D eigenvalue weighted by Crippen LogP contribution is -2.12. The van der Waals surface area contributed by atoms with Crippen molar-refractivity contribution in [2.75, 3.05) is 7.11 Å². The molecule has 1 amide bonds. The highest BCUT2D eigenvalue weighted by molar-refractivity contribution is 6.10. The van der Waals surface area contributed by atoms with Gasteiger partial charge in [0, 0.05) is 11.1 Å². The summed E-state index contributed by atoms with van der Waals surface area (Å²) in [6, 6.07) is 11.2. The van der Waals surface area contributed by atoms with Crippen molar-refractivity contribution in [1.29, 1.82) is 0 Å². The van der Waals surface area contributed by atoms with Gasteiger partial charge in [0.05, 0.1) is 40.6 Å². The monoisotopic (exact) mass is 434 g/mol. The molecule has 32 heavy (non-hydrogen) atoms. The first-order valence-corrected chi connectivity index (χ1v) is 9.21. The van der Waals surface area contributed by atoms with Gasteiger partial charge >= 0.3 is 11.9 Å². The Labute approximate surface area is 179 Å². The molecular weight excluding hydrogens is 419 g/mol. The molecule has 4 rings (SSSR count). The van der Waals surface area contributed by atoms with Crippen LogP contribution in [0.5, 0.6) is 0 Å². The molecule has 0 saturated heterocycles. The van der Waals surface area contributed by atoms with E-state index in [4.69, 9.17) is 10.8 Å². The third-order valence-electron chi connectivity index (χ3n) is 4.88. The molecule has 160 valence electrons. The van der Waals surface area contributed by atoms with E-state index in [1.54, 1.807) is 12.1 Å². The maximum atomic E-state index is 14.0. The lowest BCUT2D eigenvalue weighted by atomic mass is 10.0. The molecule has 4 N–H and O–H groups in total. The second kappa shape index (κ2) is 7.91. The minimum Gasteiger partial charge on any atom is -0.478 e. The molecule has 2 aromatic carbocycles. The number of halogens is 1. The fourth-order valence-corrected chi connectivity index (χ4v) is 3.31. The summed E-state index contributed by atoms with van der Waals surface area (Å²) >= 11 is 0. The molecule has 0 unspecified atom stereocenters. The summed E-state index contributed by atoms with van der Waals surface area (Å²) in [7, 11) is 1.14. The maximum absolute atomic E-state index is 14.0. The molecule has 0 fully saturated rings. The van der Waals surface area contributed by atoms with Crippen LogP contribution in [0.3, 0.4) is 0 Å². The highest BCUT2D eigenvalue weighted by Crippen LogP contribution is 2.32. The Morgan fingerprint density at radius 3 is 2.34 bits per heavy atom. The molecule has 2 heterocycles. The van der Waals surface area contributed by atoms with Crippen molar-refractivity contribution in [2.24, 2.45) is 5.73 Å². The first kappa shape index (κ1) is 20.7. The number of nitrogens with one attached hydrogen (secondary N) is 1. The molecule has 2 aromatic heterocycles. The van der Waals surface area contributed by atoms with Gasteiger partial charge in [-0.2, -0.15) is 5.10 Å². The van der Waals surface area contributed by atoms with Crippen LogP contribution in [0.1, 0.15) is 31.1 Å². The predicted octanol–water partition coefficient (Wildman–Crippen LogP) is 3.01. The van der Waals surface area contributed by atoms with Gasteiger partial charge in [-0.25, -0.2) is 19.0 Å². The van der Waals surface area contributed by atoms with Gasteiger partial charge in [0.25, 0.3) is 0 Å². The van der Waals surface area contributed by atoms with Crippen LogP contribution < -0.4 is 5.73 Å². The number of aromatic nitrogens is 3. The number of carbonyl (C=O) groups excluding carboxylic acids is 2. The number of benzene rings is 2. The van der Waals surface area contributed by atoms with E-state index in [1.165, 1.54) is 30.3 Å².